The van der Waals surface area contributed by atoms with E-state index in [1.54, 1.807) is 11.3 Å². The molecule has 0 N–H and O–H groups in total. The molecule has 0 bridgehead atoms. The van der Waals surface area contributed by atoms with Gasteiger partial charge >= 0.3 is 25.8 Å². The third-order valence-corrected chi connectivity index (χ3v) is 1.05. The Balaban J connectivity index is 0.000000250. The fourth-order valence-corrected chi connectivity index (χ4v) is 0.680. The zero-order valence-corrected chi connectivity index (χ0v) is 3.53. The van der Waals surface area contributed by atoms with E-state index in [4.69, 9.17) is 0 Å². The first kappa shape index (κ1) is 6.57. The molecule has 1 heterocycles. The van der Waals surface area contributed by atoms with Crippen molar-refractivity contribution in [2.24, 2.45) is 0 Å². The summed E-state index contributed by atoms with van der Waals surface area (Å²) in [5, 5.41) is 4.08. The minimum absolute atomic E-state index is 0. The van der Waals surface area contributed by atoms with Crippen molar-refractivity contribution in [1.82, 2.24) is 0 Å². The average Bonchev–Trinajstić information content (AvgIpc) is 1.76. The van der Waals surface area contributed by atoms with Gasteiger partial charge in [0.2, 0.25) is 0 Å². The summed E-state index contributed by atoms with van der Waals surface area (Å²) in [6, 6.07) is 4.04. The average molecular weight is 202 g/mol. The maximum Gasteiger partial charge on any atom is -0.00934 e. The molecule has 0 atom stereocenters. The Hall–Kier alpha value is 0.570. The molecule has 1 aromatic rings. The molecule has 32 valence electrons. The van der Waals surface area contributed by atoms with Crippen LogP contribution in [0.15, 0.2) is 22.9 Å². The van der Waals surface area contributed by atoms with E-state index in [0.29, 0.717) is 0 Å². The van der Waals surface area contributed by atoms with E-state index in [1.165, 1.54) is 0 Å². The van der Waals surface area contributed by atoms with Gasteiger partial charge in [-0.3, -0.25) is 0 Å². The molecule has 0 unspecified atom stereocenters. The van der Waals surface area contributed by atoms with Crippen LogP contribution in [0.3, 0.4) is 0 Å². The molecule has 0 aliphatic heterocycles. The molecule has 1 aromatic heterocycles. The predicted octanol–water partition coefficient (Wildman–Crippen LogP) is 0.564. The van der Waals surface area contributed by atoms with Crippen LogP contribution in [0, 0.1) is 0 Å². The molecule has 0 saturated carbocycles. The fraction of sp³-hybridized carbons (Fsp3) is 0. The minimum atomic E-state index is 0. The zero-order chi connectivity index (χ0) is 3.54. The SMILES string of the molecule is [InH3].c1ccsc1. The number of thiophene rings is 1. The van der Waals surface area contributed by atoms with Crippen LogP contribution in [0.2, 0.25) is 0 Å². The van der Waals surface area contributed by atoms with Crippen LogP contribution in [0.25, 0.3) is 0 Å². The Morgan fingerprint density at radius 3 is 1.67 bits per heavy atom. The molecule has 0 nitrogen and oxygen atoms in total. The summed E-state index contributed by atoms with van der Waals surface area (Å²) in [7, 11) is 0. The van der Waals surface area contributed by atoms with Crippen molar-refractivity contribution in [3.63, 3.8) is 0 Å². The van der Waals surface area contributed by atoms with Crippen LogP contribution in [-0.2, 0) is 0 Å². The molecular weight excluding hydrogens is 195 g/mol. The summed E-state index contributed by atoms with van der Waals surface area (Å²) in [5.41, 5.74) is 0. The third kappa shape index (κ3) is 1.88. The quantitative estimate of drug-likeness (QED) is 0.576. The van der Waals surface area contributed by atoms with Gasteiger partial charge in [0.15, 0.2) is 0 Å². The van der Waals surface area contributed by atoms with Crippen LogP contribution in [0.5, 0.6) is 0 Å². The Labute approximate surface area is 60.0 Å². The smallest absolute Gasteiger partial charge is 0.00934 e. The first-order valence-corrected chi connectivity index (χ1v) is 2.41. The second kappa shape index (κ2) is 3.75. The van der Waals surface area contributed by atoms with Gasteiger partial charge in [-0.25, -0.2) is 0 Å². The zero-order valence-electron chi connectivity index (χ0n) is 2.72. The van der Waals surface area contributed by atoms with E-state index in [1.807, 2.05) is 22.9 Å². The summed E-state index contributed by atoms with van der Waals surface area (Å²) in [6.45, 7) is 0. The Kier molecular flexibility index (Phi) is 4.11. The van der Waals surface area contributed by atoms with E-state index in [2.05, 4.69) is 0 Å². The molecule has 0 radical (unpaired) electrons. The number of hydrogen-bond acceptors (Lipinski definition) is 1. The second-order valence-electron chi connectivity index (χ2n) is 0.793. The molecule has 0 saturated heterocycles. The number of hydrogen-bond donors (Lipinski definition) is 0. The van der Waals surface area contributed by atoms with Crippen LogP contribution in [-0.4, -0.2) is 25.8 Å². The van der Waals surface area contributed by atoms with Gasteiger partial charge in [0.1, 0.15) is 0 Å². The van der Waals surface area contributed by atoms with Gasteiger partial charge in [0.25, 0.3) is 0 Å². The summed E-state index contributed by atoms with van der Waals surface area (Å²) in [4.78, 5) is 0. The van der Waals surface area contributed by atoms with E-state index < -0.39 is 0 Å². The van der Waals surface area contributed by atoms with Crippen molar-refractivity contribution in [2.45, 2.75) is 0 Å². The summed E-state index contributed by atoms with van der Waals surface area (Å²) < 4.78 is 0. The van der Waals surface area contributed by atoms with Gasteiger partial charge in [-0.05, 0) is 10.8 Å². The van der Waals surface area contributed by atoms with Crippen molar-refractivity contribution in [1.29, 1.82) is 0 Å². The molecule has 2 heteroatoms. The van der Waals surface area contributed by atoms with Crippen molar-refractivity contribution in [2.75, 3.05) is 0 Å². The van der Waals surface area contributed by atoms with Crippen molar-refractivity contribution >= 4 is 37.2 Å². The van der Waals surface area contributed by atoms with Gasteiger partial charge < -0.3 is 0 Å². The summed E-state index contributed by atoms with van der Waals surface area (Å²) in [5.74, 6) is 0. The first-order valence-electron chi connectivity index (χ1n) is 1.47. The summed E-state index contributed by atoms with van der Waals surface area (Å²) in [6.07, 6.45) is 0. The molecule has 0 amide bonds. The van der Waals surface area contributed by atoms with Gasteiger partial charge in [-0.1, -0.05) is 12.1 Å². The van der Waals surface area contributed by atoms with Crippen molar-refractivity contribution < 1.29 is 0 Å². The van der Waals surface area contributed by atoms with Crippen LogP contribution >= 0.6 is 11.3 Å². The van der Waals surface area contributed by atoms with E-state index >= 15 is 0 Å². The molecular formula is C4H7InS. The second-order valence-corrected chi connectivity index (χ2v) is 1.61. The van der Waals surface area contributed by atoms with Crippen LogP contribution < -0.4 is 0 Å². The normalized spacial score (nSPS) is 6.67. The molecule has 0 fully saturated rings. The Bertz CT molecular complexity index is 64.0. The molecule has 1 rings (SSSR count). The maximum absolute atomic E-state index is 2.04. The van der Waals surface area contributed by atoms with E-state index in [-0.39, 0.29) is 25.8 Å². The molecule has 6 heavy (non-hydrogen) atoms. The topological polar surface area (TPSA) is 0 Å². The number of rotatable bonds is 0. The molecule has 0 spiro atoms. The van der Waals surface area contributed by atoms with Crippen molar-refractivity contribution in [3.8, 4) is 0 Å². The maximum atomic E-state index is 2.04. The van der Waals surface area contributed by atoms with Crippen molar-refractivity contribution in [3.05, 3.63) is 22.9 Å². The van der Waals surface area contributed by atoms with Crippen LogP contribution in [0.1, 0.15) is 0 Å². The summed E-state index contributed by atoms with van der Waals surface area (Å²) >= 11 is 1.71. The van der Waals surface area contributed by atoms with Gasteiger partial charge in [0, 0.05) is 0 Å². The third-order valence-electron chi connectivity index (χ3n) is 0.425. The van der Waals surface area contributed by atoms with E-state index in [9.17, 15) is 0 Å². The first-order chi connectivity index (χ1) is 2.50. The molecule has 0 aromatic carbocycles. The van der Waals surface area contributed by atoms with Gasteiger partial charge in [-0.15, -0.1) is 0 Å². The van der Waals surface area contributed by atoms with Gasteiger partial charge in [0.05, 0.1) is 0 Å². The Morgan fingerprint density at radius 1 is 1.00 bits per heavy atom. The molecule has 0 aliphatic rings. The monoisotopic (exact) mass is 202 g/mol. The van der Waals surface area contributed by atoms with E-state index in [0.717, 1.165) is 0 Å². The largest absolute Gasteiger partial charge is 0.152 e. The van der Waals surface area contributed by atoms with Gasteiger partial charge in [-0.2, -0.15) is 11.3 Å². The minimum Gasteiger partial charge on any atom is -0.152 e. The standard InChI is InChI=1S/C4H4S.In.3H/c1-2-4-5-3-1;;;;/h1-4H;;;;. The Morgan fingerprint density at radius 2 is 1.50 bits per heavy atom. The van der Waals surface area contributed by atoms with Crippen LogP contribution in [0.4, 0.5) is 0 Å². The fourth-order valence-electron chi connectivity index (χ4n) is 0.227. The molecule has 0 aliphatic carbocycles. The predicted molar refractivity (Wildman–Crippen MR) is 34.3 cm³/mol.